The first-order valence-electron chi connectivity index (χ1n) is 13.8. The second-order valence-electron chi connectivity index (χ2n) is 11.3. The van der Waals surface area contributed by atoms with Crippen LogP contribution in [0.1, 0.15) is 67.8 Å². The Balaban J connectivity index is 1.20. The number of ether oxygens (including phenoxy) is 1. The van der Waals surface area contributed by atoms with Crippen molar-refractivity contribution in [3.63, 3.8) is 0 Å². The van der Waals surface area contributed by atoms with Crippen LogP contribution in [0.5, 0.6) is 0 Å². The number of nitrogens with zero attached hydrogens (tertiary/aromatic N) is 3. The van der Waals surface area contributed by atoms with E-state index < -0.39 is 5.60 Å². The summed E-state index contributed by atoms with van der Waals surface area (Å²) in [6, 6.07) is 20.4. The van der Waals surface area contributed by atoms with E-state index in [4.69, 9.17) is 14.2 Å². The third-order valence-corrected chi connectivity index (χ3v) is 9.04. The van der Waals surface area contributed by atoms with Crippen molar-refractivity contribution < 1.29 is 18.8 Å². The van der Waals surface area contributed by atoms with Crippen LogP contribution in [0.25, 0.3) is 0 Å². The Morgan fingerprint density at radius 3 is 2.33 bits per heavy atom. The summed E-state index contributed by atoms with van der Waals surface area (Å²) in [7, 11) is 0. The summed E-state index contributed by atoms with van der Waals surface area (Å²) in [6.07, 6.45) is 8.08. The zero-order chi connectivity index (χ0) is 24.4. The minimum atomic E-state index is -1.21. The Labute approximate surface area is 213 Å². The van der Waals surface area contributed by atoms with E-state index in [0.717, 1.165) is 55.4 Å². The Morgan fingerprint density at radius 1 is 0.917 bits per heavy atom. The predicted octanol–water partition coefficient (Wildman–Crippen LogP) is 5.21. The van der Waals surface area contributed by atoms with Gasteiger partial charge in [-0.2, -0.15) is 4.98 Å². The van der Waals surface area contributed by atoms with Gasteiger partial charge in [0.2, 0.25) is 5.82 Å². The first-order chi connectivity index (χ1) is 17.6. The van der Waals surface area contributed by atoms with Gasteiger partial charge in [-0.15, -0.1) is 0 Å². The third kappa shape index (κ3) is 4.62. The zero-order valence-corrected chi connectivity index (χ0v) is 21.1. The molecule has 4 heterocycles. The molecule has 4 aliphatic rings. The largest absolute Gasteiger partial charge is 0.377 e. The van der Waals surface area contributed by atoms with Crippen molar-refractivity contribution in [2.24, 2.45) is 11.8 Å². The molecule has 4 fully saturated rings. The number of hydrogen-bond acceptors (Lipinski definition) is 5. The molecule has 2 bridgehead atoms. The first-order valence-corrected chi connectivity index (χ1v) is 13.8. The number of quaternary nitrogens is 1. The first kappa shape index (κ1) is 23.8. The van der Waals surface area contributed by atoms with Crippen LogP contribution in [0.3, 0.4) is 0 Å². The van der Waals surface area contributed by atoms with Gasteiger partial charge in [0, 0.05) is 18.8 Å². The summed E-state index contributed by atoms with van der Waals surface area (Å²) < 4.78 is 13.2. The molecule has 3 aromatic rings. The number of aliphatic hydroxyl groups is 1. The van der Waals surface area contributed by atoms with Gasteiger partial charge >= 0.3 is 0 Å². The maximum atomic E-state index is 12.1. The maximum absolute atomic E-state index is 12.1. The summed E-state index contributed by atoms with van der Waals surface area (Å²) in [4.78, 5) is 4.87. The second kappa shape index (κ2) is 10.1. The molecule has 1 N–H and O–H groups in total. The molecule has 0 spiro atoms. The van der Waals surface area contributed by atoms with Crippen LogP contribution in [0, 0.1) is 11.8 Å². The number of fused-ring (bicyclic) bond motifs is 3. The van der Waals surface area contributed by atoms with Crippen LogP contribution in [0.2, 0.25) is 0 Å². The molecule has 6 nitrogen and oxygen atoms in total. The molecule has 0 amide bonds. The monoisotopic (exact) mass is 488 g/mol. The highest BCUT2D eigenvalue weighted by Crippen LogP contribution is 2.43. The summed E-state index contributed by atoms with van der Waals surface area (Å²) in [5, 5.41) is 16.5. The van der Waals surface area contributed by atoms with Crippen LogP contribution >= 0.6 is 0 Å². The number of hydrogen-bond donors (Lipinski definition) is 1. The molecule has 1 saturated carbocycles. The Hall–Kier alpha value is -2.54. The van der Waals surface area contributed by atoms with Gasteiger partial charge in [0.25, 0.3) is 5.89 Å². The Kier molecular flexibility index (Phi) is 6.67. The molecule has 1 unspecified atom stereocenters. The smallest absolute Gasteiger partial charge is 0.282 e. The van der Waals surface area contributed by atoms with E-state index in [9.17, 15) is 5.11 Å². The molecule has 2 atom stereocenters. The summed E-state index contributed by atoms with van der Waals surface area (Å²) >= 11 is 0. The van der Waals surface area contributed by atoms with Crippen molar-refractivity contribution in [1.29, 1.82) is 0 Å². The molecular formula is C30H38N3O3+. The number of benzene rings is 2. The molecule has 3 saturated heterocycles. The standard InChI is InChI=1S/C30H38N3O3/c34-30(25-12-6-2-7-13-25,26-14-8-3-9-15-26)29-31-28(36-32-29)21-33-18-16-24(17-19-33)27(20-33)35-22-23-10-4-1-5-11-23/h1-2,4-7,10-13,24,26-27,34H,3,8-9,14-22H2/q+1/t24?,27-,30?,33?/m0/s1. The van der Waals surface area contributed by atoms with Gasteiger partial charge in [-0.25, -0.2) is 0 Å². The van der Waals surface area contributed by atoms with Crippen molar-refractivity contribution in [3.05, 3.63) is 83.5 Å². The molecule has 7 rings (SSSR count). The zero-order valence-electron chi connectivity index (χ0n) is 21.1. The molecule has 6 heteroatoms. The summed E-state index contributed by atoms with van der Waals surface area (Å²) in [5.41, 5.74) is 0.883. The highest BCUT2D eigenvalue weighted by molar-refractivity contribution is 5.30. The van der Waals surface area contributed by atoms with Gasteiger partial charge in [0.1, 0.15) is 12.6 Å². The van der Waals surface area contributed by atoms with Gasteiger partial charge in [-0.3, -0.25) is 0 Å². The lowest BCUT2D eigenvalue weighted by molar-refractivity contribution is -0.959. The lowest BCUT2D eigenvalue weighted by Crippen LogP contribution is -2.63. The van der Waals surface area contributed by atoms with Crippen LogP contribution < -0.4 is 0 Å². The molecule has 0 radical (unpaired) electrons. The fraction of sp³-hybridized carbons (Fsp3) is 0.533. The highest BCUT2D eigenvalue weighted by Gasteiger charge is 2.49. The molecule has 3 aliphatic heterocycles. The van der Waals surface area contributed by atoms with Gasteiger partial charge in [0.15, 0.2) is 12.1 Å². The molecular weight excluding hydrogens is 450 g/mol. The van der Waals surface area contributed by atoms with Crippen molar-refractivity contribution >= 4 is 0 Å². The van der Waals surface area contributed by atoms with Crippen molar-refractivity contribution in [3.8, 4) is 0 Å². The average molecular weight is 489 g/mol. The van der Waals surface area contributed by atoms with Gasteiger partial charge in [-0.1, -0.05) is 85.1 Å². The van der Waals surface area contributed by atoms with Gasteiger partial charge in [-0.05, 0) is 29.9 Å². The molecule has 1 aliphatic carbocycles. The van der Waals surface area contributed by atoms with Gasteiger partial charge in [0.05, 0.1) is 19.7 Å². The van der Waals surface area contributed by atoms with Crippen molar-refractivity contribution in [2.45, 2.75) is 69.8 Å². The van der Waals surface area contributed by atoms with E-state index in [1.165, 1.54) is 24.8 Å². The maximum Gasteiger partial charge on any atom is 0.282 e. The van der Waals surface area contributed by atoms with Crippen molar-refractivity contribution in [2.75, 3.05) is 19.6 Å². The van der Waals surface area contributed by atoms with Crippen LogP contribution in [-0.4, -0.2) is 45.5 Å². The number of piperidine rings is 3. The van der Waals surface area contributed by atoms with E-state index in [1.807, 2.05) is 36.4 Å². The van der Waals surface area contributed by atoms with Gasteiger partial charge < -0.3 is 18.8 Å². The van der Waals surface area contributed by atoms with Crippen LogP contribution in [-0.2, 0) is 23.5 Å². The third-order valence-electron chi connectivity index (χ3n) is 9.04. The fourth-order valence-electron chi connectivity index (χ4n) is 6.93. The molecule has 1 aromatic heterocycles. The minimum Gasteiger partial charge on any atom is -0.377 e. The van der Waals surface area contributed by atoms with E-state index in [-0.39, 0.29) is 12.0 Å². The van der Waals surface area contributed by atoms with Crippen molar-refractivity contribution in [1.82, 2.24) is 10.1 Å². The molecule has 2 aromatic carbocycles. The molecule has 36 heavy (non-hydrogen) atoms. The lowest BCUT2D eigenvalue weighted by atomic mass is 9.73. The second-order valence-corrected chi connectivity index (χ2v) is 11.3. The topological polar surface area (TPSA) is 68.4 Å². The fourth-order valence-corrected chi connectivity index (χ4v) is 6.93. The van der Waals surface area contributed by atoms with E-state index in [0.29, 0.717) is 30.8 Å². The average Bonchev–Trinajstić information content (AvgIpc) is 3.42. The van der Waals surface area contributed by atoms with Crippen LogP contribution in [0.4, 0.5) is 0 Å². The van der Waals surface area contributed by atoms with Crippen LogP contribution in [0.15, 0.2) is 65.2 Å². The lowest BCUT2D eigenvalue weighted by Gasteiger charge is -2.51. The normalized spacial score (nSPS) is 28.1. The Morgan fingerprint density at radius 2 is 1.61 bits per heavy atom. The van der Waals surface area contributed by atoms with E-state index in [1.54, 1.807) is 0 Å². The summed E-state index contributed by atoms with van der Waals surface area (Å²) in [6.45, 7) is 4.61. The highest BCUT2D eigenvalue weighted by atomic mass is 16.5. The number of rotatable bonds is 8. The van der Waals surface area contributed by atoms with E-state index in [2.05, 4.69) is 29.4 Å². The predicted molar refractivity (Wildman–Crippen MR) is 137 cm³/mol. The SMILES string of the molecule is OC(c1ccccc1)(c1noc(C[N+]23CCC(CC2)[C@@H](OCc2ccccc2)C3)n1)C1CCCCC1. The number of aromatic nitrogens is 2. The Bertz CT molecular complexity index is 1120. The molecule has 190 valence electrons. The van der Waals surface area contributed by atoms with E-state index >= 15 is 0 Å². The summed E-state index contributed by atoms with van der Waals surface area (Å²) in [5.74, 6) is 1.81. The quantitative estimate of drug-likeness (QED) is 0.441. The minimum absolute atomic E-state index is 0.104.